The first kappa shape index (κ1) is 21.0. The van der Waals surface area contributed by atoms with Crippen molar-refractivity contribution in [2.24, 2.45) is 0 Å². The van der Waals surface area contributed by atoms with E-state index in [1.54, 1.807) is 18.2 Å². The standard InChI is InChI=1S/C21H19ClN2O4S/c1-13-3-5-14(6-4-13)11-18-20(26)24(21(27)29-18)10-9-23-19(25)16-12-15(22)7-8-17(16)28-2/h3-8,11-12H,9-10H2,1-2H3,(H,23,25). The molecule has 2 aromatic rings. The van der Waals surface area contributed by atoms with Crippen molar-refractivity contribution in [2.45, 2.75) is 6.92 Å². The highest BCUT2D eigenvalue weighted by atomic mass is 35.5. The second-order valence-corrected chi connectivity index (χ2v) is 7.77. The highest BCUT2D eigenvalue weighted by molar-refractivity contribution is 8.18. The molecule has 6 nitrogen and oxygen atoms in total. The van der Waals surface area contributed by atoms with Crippen LogP contribution in [0.2, 0.25) is 5.02 Å². The van der Waals surface area contributed by atoms with Crippen LogP contribution in [0.25, 0.3) is 6.08 Å². The average Bonchev–Trinajstić information content (AvgIpc) is 2.97. The predicted molar refractivity (Wildman–Crippen MR) is 114 cm³/mol. The minimum absolute atomic E-state index is 0.0739. The number of hydrogen-bond donors (Lipinski definition) is 1. The summed E-state index contributed by atoms with van der Waals surface area (Å²) in [5.74, 6) is -0.374. The molecule has 0 unspecified atom stereocenters. The maximum atomic E-state index is 12.5. The summed E-state index contributed by atoms with van der Waals surface area (Å²) >= 11 is 6.84. The Labute approximate surface area is 177 Å². The van der Waals surface area contributed by atoms with Crippen LogP contribution in [0.15, 0.2) is 47.4 Å². The SMILES string of the molecule is COc1ccc(Cl)cc1C(=O)NCCN1C(=O)SC(=Cc2ccc(C)cc2)C1=O. The Kier molecular flexibility index (Phi) is 6.61. The van der Waals surface area contributed by atoms with E-state index in [9.17, 15) is 14.4 Å². The van der Waals surface area contributed by atoms with E-state index in [0.717, 1.165) is 27.8 Å². The molecule has 0 aromatic heterocycles. The van der Waals surface area contributed by atoms with Crippen LogP contribution in [0, 0.1) is 6.92 Å². The number of hydrogen-bond acceptors (Lipinski definition) is 5. The smallest absolute Gasteiger partial charge is 0.293 e. The summed E-state index contributed by atoms with van der Waals surface area (Å²) < 4.78 is 5.16. The second kappa shape index (κ2) is 9.15. The van der Waals surface area contributed by atoms with Gasteiger partial charge in [-0.05, 0) is 48.5 Å². The fourth-order valence-electron chi connectivity index (χ4n) is 2.74. The van der Waals surface area contributed by atoms with E-state index < -0.39 is 5.91 Å². The van der Waals surface area contributed by atoms with Gasteiger partial charge in [-0.3, -0.25) is 19.3 Å². The van der Waals surface area contributed by atoms with Gasteiger partial charge < -0.3 is 10.1 Å². The van der Waals surface area contributed by atoms with E-state index in [1.165, 1.54) is 13.2 Å². The number of carbonyl (C=O) groups excluding carboxylic acids is 3. The maximum absolute atomic E-state index is 12.5. The number of rotatable bonds is 6. The van der Waals surface area contributed by atoms with Crippen LogP contribution < -0.4 is 10.1 Å². The van der Waals surface area contributed by atoms with Crippen molar-refractivity contribution in [3.8, 4) is 5.75 Å². The second-order valence-electron chi connectivity index (χ2n) is 6.34. The third-order valence-corrected chi connectivity index (χ3v) is 5.42. The van der Waals surface area contributed by atoms with Crippen molar-refractivity contribution in [1.29, 1.82) is 0 Å². The number of ether oxygens (including phenoxy) is 1. The van der Waals surface area contributed by atoms with Crippen LogP contribution in [0.4, 0.5) is 4.79 Å². The molecule has 1 aliphatic heterocycles. The fourth-order valence-corrected chi connectivity index (χ4v) is 3.78. The van der Waals surface area contributed by atoms with Crippen LogP contribution >= 0.6 is 23.4 Å². The van der Waals surface area contributed by atoms with Gasteiger partial charge in [-0.25, -0.2) is 0 Å². The van der Waals surface area contributed by atoms with E-state index in [2.05, 4.69) is 5.32 Å². The van der Waals surface area contributed by atoms with E-state index in [4.69, 9.17) is 16.3 Å². The molecule has 2 aromatic carbocycles. The van der Waals surface area contributed by atoms with Gasteiger partial charge in [0.2, 0.25) is 0 Å². The van der Waals surface area contributed by atoms with E-state index in [0.29, 0.717) is 15.7 Å². The molecule has 0 radical (unpaired) electrons. The van der Waals surface area contributed by atoms with Crippen molar-refractivity contribution in [2.75, 3.05) is 20.2 Å². The molecule has 3 amide bonds. The molecule has 8 heteroatoms. The number of halogens is 1. The summed E-state index contributed by atoms with van der Waals surface area (Å²) in [5, 5.41) is 2.73. The Hall–Kier alpha value is -2.77. The topological polar surface area (TPSA) is 75.7 Å². The summed E-state index contributed by atoms with van der Waals surface area (Å²) in [6, 6.07) is 12.4. The molecular weight excluding hydrogens is 412 g/mol. The van der Waals surface area contributed by atoms with Gasteiger partial charge in [0.25, 0.3) is 17.1 Å². The summed E-state index contributed by atoms with van der Waals surface area (Å²) in [6.07, 6.45) is 1.69. The molecule has 29 heavy (non-hydrogen) atoms. The van der Waals surface area contributed by atoms with Crippen molar-refractivity contribution in [3.63, 3.8) is 0 Å². The van der Waals surface area contributed by atoms with Gasteiger partial charge in [0.05, 0.1) is 17.6 Å². The Morgan fingerprint density at radius 2 is 1.93 bits per heavy atom. The van der Waals surface area contributed by atoms with Crippen LogP contribution in [0.3, 0.4) is 0 Å². The molecule has 0 spiro atoms. The molecule has 1 heterocycles. The molecule has 1 N–H and O–H groups in total. The number of carbonyl (C=O) groups is 3. The summed E-state index contributed by atoms with van der Waals surface area (Å²) in [7, 11) is 1.46. The molecule has 0 aliphatic carbocycles. The lowest BCUT2D eigenvalue weighted by atomic mass is 10.1. The van der Waals surface area contributed by atoms with Crippen molar-refractivity contribution in [1.82, 2.24) is 10.2 Å². The van der Waals surface area contributed by atoms with Gasteiger partial charge in [0.1, 0.15) is 5.75 Å². The van der Waals surface area contributed by atoms with Crippen molar-refractivity contribution >= 4 is 46.5 Å². The normalized spacial score (nSPS) is 15.1. The van der Waals surface area contributed by atoms with Gasteiger partial charge in [0.15, 0.2) is 0 Å². The lowest BCUT2D eigenvalue weighted by molar-refractivity contribution is -0.122. The molecule has 1 saturated heterocycles. The number of thioether (sulfide) groups is 1. The van der Waals surface area contributed by atoms with E-state index in [1.807, 2.05) is 31.2 Å². The minimum atomic E-state index is -0.397. The first-order valence-electron chi connectivity index (χ1n) is 8.83. The van der Waals surface area contributed by atoms with Crippen molar-refractivity contribution in [3.05, 3.63) is 69.1 Å². The van der Waals surface area contributed by atoms with Gasteiger partial charge in [-0.15, -0.1) is 0 Å². The molecule has 0 bridgehead atoms. The van der Waals surface area contributed by atoms with Crippen LogP contribution in [0.1, 0.15) is 21.5 Å². The Morgan fingerprint density at radius 3 is 2.62 bits per heavy atom. The zero-order valence-electron chi connectivity index (χ0n) is 15.9. The quantitative estimate of drug-likeness (QED) is 0.697. The molecule has 150 valence electrons. The number of aryl methyl sites for hydroxylation is 1. The fraction of sp³-hybridized carbons (Fsp3) is 0.190. The first-order chi connectivity index (χ1) is 13.9. The molecule has 0 saturated carbocycles. The summed E-state index contributed by atoms with van der Waals surface area (Å²) in [5.41, 5.74) is 2.25. The molecular formula is C21H19ClN2O4S. The third kappa shape index (κ3) is 4.99. The van der Waals surface area contributed by atoms with E-state index in [-0.39, 0.29) is 29.8 Å². The number of nitrogens with zero attached hydrogens (tertiary/aromatic N) is 1. The number of amides is 3. The van der Waals surface area contributed by atoms with Gasteiger partial charge in [-0.1, -0.05) is 41.4 Å². The summed E-state index contributed by atoms with van der Waals surface area (Å²) in [6.45, 7) is 2.17. The largest absolute Gasteiger partial charge is 0.496 e. The van der Waals surface area contributed by atoms with Gasteiger partial charge in [-0.2, -0.15) is 0 Å². The van der Waals surface area contributed by atoms with Crippen molar-refractivity contribution < 1.29 is 19.1 Å². The Morgan fingerprint density at radius 1 is 1.21 bits per heavy atom. The lowest BCUT2D eigenvalue weighted by Crippen LogP contribution is -2.37. The van der Waals surface area contributed by atoms with Crippen LogP contribution in [-0.2, 0) is 4.79 Å². The zero-order valence-corrected chi connectivity index (χ0v) is 17.5. The average molecular weight is 431 g/mol. The molecule has 1 aliphatic rings. The zero-order chi connectivity index (χ0) is 21.0. The van der Waals surface area contributed by atoms with Crippen LogP contribution in [0.5, 0.6) is 5.75 Å². The van der Waals surface area contributed by atoms with Gasteiger partial charge in [0, 0.05) is 18.1 Å². The number of imide groups is 1. The molecule has 3 rings (SSSR count). The summed E-state index contributed by atoms with van der Waals surface area (Å²) in [4.78, 5) is 38.6. The molecule has 0 atom stereocenters. The number of nitrogens with one attached hydrogen (secondary N) is 1. The third-order valence-electron chi connectivity index (χ3n) is 4.28. The number of methoxy groups -OCH3 is 1. The minimum Gasteiger partial charge on any atom is -0.496 e. The van der Waals surface area contributed by atoms with E-state index >= 15 is 0 Å². The predicted octanol–water partition coefficient (Wildman–Crippen LogP) is 4.12. The highest BCUT2D eigenvalue weighted by Crippen LogP contribution is 2.32. The number of benzene rings is 2. The molecule has 1 fully saturated rings. The van der Waals surface area contributed by atoms with Gasteiger partial charge >= 0.3 is 0 Å². The first-order valence-corrected chi connectivity index (χ1v) is 10.0. The maximum Gasteiger partial charge on any atom is 0.293 e. The van der Waals surface area contributed by atoms with Crippen LogP contribution in [-0.4, -0.2) is 42.2 Å². The Balaban J connectivity index is 1.62. The lowest BCUT2D eigenvalue weighted by Gasteiger charge is -2.14. The highest BCUT2D eigenvalue weighted by Gasteiger charge is 2.34. The Bertz CT molecular complexity index is 989. The monoisotopic (exact) mass is 430 g/mol.